The third-order valence-corrected chi connectivity index (χ3v) is 12.7. The van der Waals surface area contributed by atoms with Crippen LogP contribution in [0.5, 0.6) is 0 Å². The Morgan fingerprint density at radius 3 is 1.41 bits per heavy atom. The van der Waals surface area contributed by atoms with Gasteiger partial charge in [0.2, 0.25) is 5.89 Å². The van der Waals surface area contributed by atoms with Gasteiger partial charge in [0.15, 0.2) is 5.58 Å². The summed E-state index contributed by atoms with van der Waals surface area (Å²) in [5.74, 6) is 0.584. The fourth-order valence-corrected chi connectivity index (χ4v) is 9.69. The first-order chi connectivity index (χ1) is 28.8. The fraction of sp³-hybridized carbons (Fsp3) is 0.109. The SMILES string of the molecule is CC1(C)c2ccccc2-c2ccc(N(c3ccccc3)c3cc(N(c4ccccc4)c4ccc5c(c4)C(C)(C)c4ccccc4-5)c4nc(-c5ccccc5)oc4c3)cc21. The lowest BCUT2D eigenvalue weighted by Crippen LogP contribution is -2.17. The number of anilines is 6. The predicted octanol–water partition coefficient (Wildman–Crippen LogP) is 15.0. The standard InChI is InChI=1S/C55H43N3O/c1-54(2)46-26-16-14-24-42(46)44-30-28-39(32-48(44)54)57(37-20-10-6-11-21-37)41-34-50(52-51(35-41)59-53(56-52)36-18-8-5-9-19-36)58(38-22-12-7-13-23-38)40-29-31-45-43-25-15-17-27-47(43)55(3,4)49(45)33-40/h5-35H,1-4H3. The molecule has 11 rings (SSSR count). The second-order valence-corrected chi connectivity index (χ2v) is 16.8. The van der Waals surface area contributed by atoms with E-state index in [0.29, 0.717) is 11.5 Å². The van der Waals surface area contributed by atoms with E-state index in [4.69, 9.17) is 9.40 Å². The van der Waals surface area contributed by atoms with Gasteiger partial charge in [0.25, 0.3) is 0 Å². The van der Waals surface area contributed by atoms with E-state index in [1.807, 2.05) is 18.2 Å². The molecule has 0 saturated carbocycles. The number of aromatic nitrogens is 1. The van der Waals surface area contributed by atoms with Crippen molar-refractivity contribution in [3.8, 4) is 33.7 Å². The highest BCUT2D eigenvalue weighted by atomic mass is 16.3. The average Bonchev–Trinajstić information content (AvgIpc) is 3.88. The lowest BCUT2D eigenvalue weighted by molar-refractivity contribution is 0.620. The van der Waals surface area contributed by atoms with Crippen LogP contribution in [0.3, 0.4) is 0 Å². The quantitative estimate of drug-likeness (QED) is 0.162. The Bertz CT molecular complexity index is 3050. The second kappa shape index (κ2) is 13.2. The van der Waals surface area contributed by atoms with Gasteiger partial charge >= 0.3 is 0 Å². The van der Waals surface area contributed by atoms with Crippen molar-refractivity contribution >= 4 is 45.2 Å². The number of hydrogen-bond donors (Lipinski definition) is 0. The minimum Gasteiger partial charge on any atom is -0.436 e. The normalized spacial score (nSPS) is 14.0. The molecule has 0 amide bonds. The maximum absolute atomic E-state index is 6.81. The summed E-state index contributed by atoms with van der Waals surface area (Å²) in [4.78, 5) is 10.0. The van der Waals surface area contributed by atoms with Crippen LogP contribution in [-0.4, -0.2) is 4.98 Å². The van der Waals surface area contributed by atoms with Gasteiger partial charge in [-0.05, 0) is 111 Å². The van der Waals surface area contributed by atoms with Crippen molar-refractivity contribution in [1.29, 1.82) is 0 Å². The maximum atomic E-state index is 6.81. The number of nitrogens with zero attached hydrogens (tertiary/aromatic N) is 3. The molecule has 1 heterocycles. The van der Waals surface area contributed by atoms with E-state index in [-0.39, 0.29) is 10.8 Å². The molecule has 0 spiro atoms. The van der Waals surface area contributed by atoms with Gasteiger partial charge in [0, 0.05) is 45.2 Å². The van der Waals surface area contributed by atoms with Crippen molar-refractivity contribution < 1.29 is 4.42 Å². The summed E-state index contributed by atoms with van der Waals surface area (Å²) >= 11 is 0. The summed E-state index contributed by atoms with van der Waals surface area (Å²) < 4.78 is 6.81. The summed E-state index contributed by atoms with van der Waals surface area (Å²) in [6.07, 6.45) is 0. The molecule has 0 bridgehead atoms. The molecule has 0 saturated heterocycles. The highest BCUT2D eigenvalue weighted by Crippen LogP contribution is 2.53. The highest BCUT2D eigenvalue weighted by molar-refractivity contribution is 6.00. The summed E-state index contributed by atoms with van der Waals surface area (Å²) in [5.41, 5.74) is 18.8. The van der Waals surface area contributed by atoms with Crippen LogP contribution in [0.25, 0.3) is 44.8 Å². The van der Waals surface area contributed by atoms with Crippen LogP contribution in [0.1, 0.15) is 49.9 Å². The third kappa shape index (κ3) is 5.47. The Labute approximate surface area is 345 Å². The van der Waals surface area contributed by atoms with Crippen LogP contribution >= 0.6 is 0 Å². The van der Waals surface area contributed by atoms with Crippen molar-refractivity contribution in [2.24, 2.45) is 0 Å². The molecule has 2 aliphatic carbocycles. The molecule has 0 N–H and O–H groups in total. The van der Waals surface area contributed by atoms with Crippen LogP contribution in [0.2, 0.25) is 0 Å². The van der Waals surface area contributed by atoms with Gasteiger partial charge in [-0.2, -0.15) is 0 Å². The number of hydrogen-bond acceptors (Lipinski definition) is 4. The molecule has 9 aromatic rings. The van der Waals surface area contributed by atoms with E-state index in [1.165, 1.54) is 44.5 Å². The topological polar surface area (TPSA) is 32.5 Å². The molecule has 1 aromatic heterocycles. The van der Waals surface area contributed by atoms with Crippen molar-refractivity contribution in [2.45, 2.75) is 38.5 Å². The van der Waals surface area contributed by atoms with Crippen LogP contribution < -0.4 is 9.80 Å². The molecule has 0 unspecified atom stereocenters. The molecule has 0 fully saturated rings. The average molecular weight is 762 g/mol. The molecule has 4 nitrogen and oxygen atoms in total. The van der Waals surface area contributed by atoms with E-state index in [2.05, 4.69) is 207 Å². The maximum Gasteiger partial charge on any atom is 0.227 e. The van der Waals surface area contributed by atoms with Crippen molar-refractivity contribution in [2.75, 3.05) is 9.80 Å². The molecular weight excluding hydrogens is 719 g/mol. The molecule has 2 aliphatic rings. The van der Waals surface area contributed by atoms with Gasteiger partial charge < -0.3 is 14.2 Å². The zero-order valence-electron chi connectivity index (χ0n) is 33.6. The Balaban J connectivity index is 1.16. The Kier molecular flexibility index (Phi) is 7.83. The number of benzene rings is 8. The number of para-hydroxylation sites is 2. The Hall–Kier alpha value is -7.17. The number of oxazole rings is 1. The van der Waals surface area contributed by atoms with E-state index in [9.17, 15) is 0 Å². The molecular formula is C55H43N3O. The second-order valence-electron chi connectivity index (χ2n) is 16.8. The predicted molar refractivity (Wildman–Crippen MR) is 244 cm³/mol. The van der Waals surface area contributed by atoms with Gasteiger partial charge in [-0.25, -0.2) is 4.98 Å². The minimum absolute atomic E-state index is 0.153. The Morgan fingerprint density at radius 2 is 0.847 bits per heavy atom. The van der Waals surface area contributed by atoms with Crippen molar-refractivity contribution in [3.63, 3.8) is 0 Å². The number of rotatable bonds is 7. The summed E-state index contributed by atoms with van der Waals surface area (Å²) in [7, 11) is 0. The monoisotopic (exact) mass is 761 g/mol. The minimum atomic E-state index is -0.166. The van der Waals surface area contributed by atoms with Gasteiger partial charge in [-0.15, -0.1) is 0 Å². The highest BCUT2D eigenvalue weighted by Gasteiger charge is 2.37. The zero-order chi connectivity index (χ0) is 39.9. The van der Waals surface area contributed by atoms with Crippen molar-refractivity contribution in [1.82, 2.24) is 4.98 Å². The van der Waals surface area contributed by atoms with Crippen LogP contribution in [0, 0.1) is 0 Å². The van der Waals surface area contributed by atoms with E-state index in [0.717, 1.165) is 45.2 Å². The van der Waals surface area contributed by atoms with Gasteiger partial charge in [0.05, 0.1) is 11.4 Å². The molecule has 4 heteroatoms. The molecule has 0 radical (unpaired) electrons. The third-order valence-electron chi connectivity index (χ3n) is 12.7. The van der Waals surface area contributed by atoms with E-state index < -0.39 is 0 Å². The van der Waals surface area contributed by atoms with Gasteiger partial charge in [-0.3, -0.25) is 0 Å². The fourth-order valence-electron chi connectivity index (χ4n) is 9.69. The van der Waals surface area contributed by atoms with Crippen LogP contribution in [0.15, 0.2) is 192 Å². The summed E-state index contributed by atoms with van der Waals surface area (Å²) in [6, 6.07) is 67.5. The van der Waals surface area contributed by atoms with E-state index in [1.54, 1.807) is 0 Å². The molecule has 284 valence electrons. The van der Waals surface area contributed by atoms with E-state index >= 15 is 0 Å². The largest absolute Gasteiger partial charge is 0.436 e. The summed E-state index contributed by atoms with van der Waals surface area (Å²) in [6.45, 7) is 9.36. The summed E-state index contributed by atoms with van der Waals surface area (Å²) in [5, 5.41) is 0. The van der Waals surface area contributed by atoms with Crippen LogP contribution in [-0.2, 0) is 10.8 Å². The van der Waals surface area contributed by atoms with Crippen molar-refractivity contribution in [3.05, 3.63) is 210 Å². The Morgan fingerprint density at radius 1 is 0.390 bits per heavy atom. The lowest BCUT2D eigenvalue weighted by Gasteiger charge is -2.31. The number of fused-ring (bicyclic) bond motifs is 7. The van der Waals surface area contributed by atoms with Gasteiger partial charge in [-0.1, -0.05) is 143 Å². The zero-order valence-corrected chi connectivity index (χ0v) is 33.6. The first-order valence-corrected chi connectivity index (χ1v) is 20.5. The first-order valence-electron chi connectivity index (χ1n) is 20.5. The van der Waals surface area contributed by atoms with Crippen LogP contribution in [0.4, 0.5) is 34.1 Å². The molecule has 8 aromatic carbocycles. The molecule has 59 heavy (non-hydrogen) atoms. The molecule has 0 atom stereocenters. The smallest absolute Gasteiger partial charge is 0.227 e. The first kappa shape index (κ1) is 35.0. The molecule has 0 aliphatic heterocycles. The lowest BCUT2D eigenvalue weighted by atomic mass is 9.82. The van der Waals surface area contributed by atoms with Gasteiger partial charge in [0.1, 0.15) is 5.52 Å².